The van der Waals surface area contributed by atoms with E-state index in [1.165, 1.54) is 31.2 Å². The molecule has 0 bridgehead atoms. The van der Waals surface area contributed by atoms with Crippen molar-refractivity contribution < 1.29 is 5.11 Å². The highest BCUT2D eigenvalue weighted by atomic mass is 16.3. The molecule has 98 valence electrons. The minimum Gasteiger partial charge on any atom is -0.508 e. The molecular weight excluding hydrogens is 224 g/mol. The Bertz CT molecular complexity index is 395. The largest absolute Gasteiger partial charge is 0.508 e. The minimum absolute atomic E-state index is 0.356. The Morgan fingerprint density at radius 3 is 2.61 bits per heavy atom. The molecule has 0 radical (unpaired) electrons. The average molecular weight is 246 g/mol. The van der Waals surface area contributed by atoms with Gasteiger partial charge in [0.15, 0.2) is 0 Å². The van der Waals surface area contributed by atoms with Crippen LogP contribution in [-0.2, 0) is 6.54 Å². The normalized spacial score (nSPS) is 23.6. The maximum atomic E-state index is 9.34. The van der Waals surface area contributed by atoms with Crippen LogP contribution in [0.2, 0.25) is 0 Å². The lowest BCUT2D eigenvalue weighted by atomic mass is 9.92. The maximum Gasteiger partial charge on any atom is 0.115 e. The Kier molecular flexibility index (Phi) is 3.27. The summed E-state index contributed by atoms with van der Waals surface area (Å²) < 4.78 is 0. The fourth-order valence-corrected chi connectivity index (χ4v) is 3.48. The first-order valence-corrected chi connectivity index (χ1v) is 7.02. The zero-order chi connectivity index (χ0) is 12.4. The summed E-state index contributed by atoms with van der Waals surface area (Å²) in [4.78, 5) is 2.66. The van der Waals surface area contributed by atoms with E-state index in [1.807, 2.05) is 12.1 Å². The molecule has 0 amide bonds. The molecule has 1 saturated heterocycles. The average Bonchev–Trinajstić information content (AvgIpc) is 2.84. The van der Waals surface area contributed by atoms with Crippen LogP contribution in [0.4, 0.5) is 0 Å². The number of nitrogens with zero attached hydrogens (tertiary/aromatic N) is 1. The van der Waals surface area contributed by atoms with Crippen LogP contribution in [0, 0.1) is 0 Å². The van der Waals surface area contributed by atoms with Gasteiger partial charge >= 0.3 is 0 Å². The van der Waals surface area contributed by atoms with Crippen molar-refractivity contribution in [1.82, 2.24) is 10.2 Å². The molecule has 0 unspecified atom stereocenters. The third-order valence-corrected chi connectivity index (χ3v) is 4.53. The van der Waals surface area contributed by atoms with Gasteiger partial charge in [-0.2, -0.15) is 0 Å². The van der Waals surface area contributed by atoms with Gasteiger partial charge in [-0.1, -0.05) is 25.0 Å². The number of phenols is 1. The van der Waals surface area contributed by atoms with Gasteiger partial charge in [0.2, 0.25) is 0 Å². The van der Waals surface area contributed by atoms with Crippen LogP contribution >= 0.6 is 0 Å². The third kappa shape index (κ3) is 2.25. The van der Waals surface area contributed by atoms with Gasteiger partial charge in [-0.15, -0.1) is 0 Å². The van der Waals surface area contributed by atoms with Crippen LogP contribution in [0.1, 0.15) is 31.2 Å². The molecular formula is C15H22N2O. The molecule has 1 aromatic carbocycles. The fourth-order valence-electron chi connectivity index (χ4n) is 3.48. The number of phenolic OH excluding ortho intramolecular Hbond substituents is 1. The molecule has 2 aliphatic rings. The van der Waals surface area contributed by atoms with Gasteiger partial charge in [-0.3, -0.25) is 4.90 Å². The van der Waals surface area contributed by atoms with E-state index in [1.54, 1.807) is 12.1 Å². The Balaban J connectivity index is 1.75. The molecule has 1 aromatic rings. The zero-order valence-corrected chi connectivity index (χ0v) is 10.9. The summed E-state index contributed by atoms with van der Waals surface area (Å²) in [5, 5.41) is 12.9. The topological polar surface area (TPSA) is 35.5 Å². The summed E-state index contributed by atoms with van der Waals surface area (Å²) in [5.74, 6) is 0.356. The summed E-state index contributed by atoms with van der Waals surface area (Å²) in [5.41, 5.74) is 1.71. The van der Waals surface area contributed by atoms with Crippen molar-refractivity contribution in [3.05, 3.63) is 29.8 Å². The van der Waals surface area contributed by atoms with Crippen molar-refractivity contribution in [3.63, 3.8) is 0 Å². The number of nitrogens with one attached hydrogen (secondary N) is 1. The number of rotatable bonds is 2. The third-order valence-electron chi connectivity index (χ3n) is 4.53. The molecule has 1 saturated carbocycles. The van der Waals surface area contributed by atoms with Gasteiger partial charge in [-0.05, 0) is 30.5 Å². The molecule has 1 spiro atoms. The van der Waals surface area contributed by atoms with Crippen LogP contribution in [0.5, 0.6) is 5.75 Å². The van der Waals surface area contributed by atoms with E-state index < -0.39 is 0 Å². The Labute approximate surface area is 109 Å². The smallest absolute Gasteiger partial charge is 0.115 e. The molecule has 1 aliphatic heterocycles. The second-order valence-electron chi connectivity index (χ2n) is 5.70. The van der Waals surface area contributed by atoms with Crippen LogP contribution in [0.3, 0.4) is 0 Å². The van der Waals surface area contributed by atoms with Crippen molar-refractivity contribution in [1.29, 1.82) is 0 Å². The van der Waals surface area contributed by atoms with E-state index in [4.69, 9.17) is 0 Å². The number of piperazine rings is 1. The molecule has 1 heterocycles. The lowest BCUT2D eigenvalue weighted by molar-refractivity contribution is 0.0572. The molecule has 0 atom stereocenters. The number of hydrogen-bond acceptors (Lipinski definition) is 3. The predicted molar refractivity (Wildman–Crippen MR) is 72.6 cm³/mol. The lowest BCUT2D eigenvalue weighted by Gasteiger charge is -2.45. The fraction of sp³-hybridized carbons (Fsp3) is 0.600. The quantitative estimate of drug-likeness (QED) is 0.839. The molecule has 1 aliphatic carbocycles. The second kappa shape index (κ2) is 4.90. The minimum atomic E-state index is 0.356. The Hall–Kier alpha value is -1.06. The van der Waals surface area contributed by atoms with Crippen molar-refractivity contribution in [3.8, 4) is 5.75 Å². The molecule has 3 nitrogen and oxygen atoms in total. The van der Waals surface area contributed by atoms with Crippen LogP contribution in [0.15, 0.2) is 24.3 Å². The van der Waals surface area contributed by atoms with E-state index in [2.05, 4.69) is 10.2 Å². The lowest BCUT2D eigenvalue weighted by Crippen LogP contribution is -2.59. The van der Waals surface area contributed by atoms with E-state index in [0.29, 0.717) is 11.3 Å². The van der Waals surface area contributed by atoms with E-state index in [9.17, 15) is 5.11 Å². The molecule has 2 fully saturated rings. The Morgan fingerprint density at radius 2 is 1.89 bits per heavy atom. The first-order chi connectivity index (χ1) is 8.78. The molecule has 2 N–H and O–H groups in total. The first kappa shape index (κ1) is 12.0. The van der Waals surface area contributed by atoms with Gasteiger partial charge in [0.1, 0.15) is 5.75 Å². The highest BCUT2D eigenvalue weighted by Crippen LogP contribution is 2.36. The Morgan fingerprint density at radius 1 is 1.17 bits per heavy atom. The number of hydrogen-bond donors (Lipinski definition) is 2. The summed E-state index contributed by atoms with van der Waals surface area (Å²) in [6, 6.07) is 7.66. The van der Waals surface area contributed by atoms with Gasteiger partial charge in [0.25, 0.3) is 0 Å². The predicted octanol–water partition coefficient (Wildman–Crippen LogP) is 2.11. The van der Waals surface area contributed by atoms with Crippen LogP contribution in [0.25, 0.3) is 0 Å². The van der Waals surface area contributed by atoms with E-state index in [-0.39, 0.29) is 0 Å². The monoisotopic (exact) mass is 246 g/mol. The molecule has 0 aromatic heterocycles. The summed E-state index contributed by atoms with van der Waals surface area (Å²) in [6.07, 6.45) is 5.40. The molecule has 18 heavy (non-hydrogen) atoms. The van der Waals surface area contributed by atoms with Gasteiger partial charge in [0.05, 0.1) is 0 Å². The van der Waals surface area contributed by atoms with Crippen molar-refractivity contribution in [2.75, 3.05) is 19.6 Å². The summed E-state index contributed by atoms with van der Waals surface area (Å²) in [7, 11) is 0. The van der Waals surface area contributed by atoms with Crippen LogP contribution in [-0.4, -0.2) is 35.2 Å². The van der Waals surface area contributed by atoms with Crippen molar-refractivity contribution in [2.45, 2.75) is 37.8 Å². The SMILES string of the molecule is Oc1ccc(CN2CCNCC23CCCC3)cc1. The standard InChI is InChI=1S/C15H22N2O/c18-14-5-3-13(4-6-14)11-17-10-9-16-12-15(17)7-1-2-8-15/h3-6,16,18H,1-2,7-12H2. The summed E-state index contributed by atoms with van der Waals surface area (Å²) in [6.45, 7) is 4.40. The highest BCUT2D eigenvalue weighted by molar-refractivity contribution is 5.26. The van der Waals surface area contributed by atoms with Crippen LogP contribution < -0.4 is 5.32 Å². The maximum absolute atomic E-state index is 9.34. The van der Waals surface area contributed by atoms with E-state index >= 15 is 0 Å². The molecule has 3 rings (SSSR count). The summed E-state index contributed by atoms with van der Waals surface area (Å²) >= 11 is 0. The number of benzene rings is 1. The zero-order valence-electron chi connectivity index (χ0n) is 10.9. The molecule has 3 heteroatoms. The van der Waals surface area contributed by atoms with Crippen molar-refractivity contribution in [2.24, 2.45) is 0 Å². The van der Waals surface area contributed by atoms with Gasteiger partial charge in [-0.25, -0.2) is 0 Å². The highest BCUT2D eigenvalue weighted by Gasteiger charge is 2.40. The second-order valence-corrected chi connectivity index (χ2v) is 5.70. The first-order valence-electron chi connectivity index (χ1n) is 7.02. The van der Waals surface area contributed by atoms with Crippen molar-refractivity contribution >= 4 is 0 Å². The van der Waals surface area contributed by atoms with Gasteiger partial charge in [0, 0.05) is 31.7 Å². The van der Waals surface area contributed by atoms with E-state index in [0.717, 1.165) is 26.2 Å². The van der Waals surface area contributed by atoms with Gasteiger partial charge < -0.3 is 10.4 Å². The number of aromatic hydroxyl groups is 1.